The lowest BCUT2D eigenvalue weighted by Crippen LogP contribution is -1.98. The Labute approximate surface area is 93.7 Å². The van der Waals surface area contributed by atoms with Crippen molar-refractivity contribution in [3.63, 3.8) is 0 Å². The Bertz CT molecular complexity index is 409. The third-order valence-corrected chi connectivity index (χ3v) is 2.23. The van der Waals surface area contributed by atoms with E-state index < -0.39 is 11.0 Å². The number of non-ortho nitro benzene ring substituents is 1. The second-order valence-electron chi connectivity index (χ2n) is 3.43. The van der Waals surface area contributed by atoms with E-state index in [1.165, 1.54) is 12.1 Å². The van der Waals surface area contributed by atoms with Gasteiger partial charge < -0.3 is 5.11 Å². The molecule has 0 saturated carbocycles. The van der Waals surface area contributed by atoms with E-state index in [0.29, 0.717) is 12.0 Å². The van der Waals surface area contributed by atoms with Crippen LogP contribution >= 0.6 is 0 Å². The first-order chi connectivity index (χ1) is 7.54. The first-order valence-electron chi connectivity index (χ1n) is 4.77. The van der Waals surface area contributed by atoms with E-state index >= 15 is 0 Å². The van der Waals surface area contributed by atoms with Crippen molar-refractivity contribution in [1.29, 1.82) is 0 Å². The fraction of sp³-hybridized carbons (Fsp3) is 0.167. The lowest BCUT2D eigenvalue weighted by Gasteiger charge is -2.10. The van der Waals surface area contributed by atoms with Gasteiger partial charge in [0.15, 0.2) is 0 Å². The molecule has 0 radical (unpaired) electrons. The van der Waals surface area contributed by atoms with Crippen LogP contribution in [0.4, 0.5) is 5.69 Å². The van der Waals surface area contributed by atoms with Gasteiger partial charge in [-0.3, -0.25) is 10.1 Å². The summed E-state index contributed by atoms with van der Waals surface area (Å²) < 4.78 is 0. The van der Waals surface area contributed by atoms with Crippen molar-refractivity contribution in [2.45, 2.75) is 12.5 Å². The molecule has 0 heterocycles. The molecule has 0 aliphatic rings. The highest BCUT2D eigenvalue weighted by atomic mass is 16.6. The van der Waals surface area contributed by atoms with Crippen molar-refractivity contribution in [1.82, 2.24) is 0 Å². The highest BCUT2D eigenvalue weighted by molar-refractivity contribution is 5.34. The zero-order valence-electron chi connectivity index (χ0n) is 8.80. The number of rotatable bonds is 5. The second kappa shape index (κ2) is 5.23. The van der Waals surface area contributed by atoms with Gasteiger partial charge >= 0.3 is 0 Å². The molecule has 0 saturated heterocycles. The summed E-state index contributed by atoms with van der Waals surface area (Å²) in [7, 11) is 0. The zero-order chi connectivity index (χ0) is 12.1. The van der Waals surface area contributed by atoms with Crippen LogP contribution in [0.1, 0.15) is 18.1 Å². The van der Waals surface area contributed by atoms with E-state index in [4.69, 9.17) is 0 Å². The second-order valence-corrected chi connectivity index (χ2v) is 3.43. The molecule has 0 fully saturated rings. The predicted molar refractivity (Wildman–Crippen MR) is 62.0 cm³/mol. The van der Waals surface area contributed by atoms with Gasteiger partial charge in [-0.1, -0.05) is 24.8 Å². The summed E-state index contributed by atoms with van der Waals surface area (Å²) >= 11 is 0. The Kier molecular flexibility index (Phi) is 3.96. The van der Waals surface area contributed by atoms with Crippen molar-refractivity contribution in [2.75, 3.05) is 0 Å². The molecule has 0 aliphatic heterocycles. The molecular formula is C12H13NO3. The number of nitrogens with zero attached hydrogens (tertiary/aromatic N) is 1. The SMILES string of the molecule is C=CC(=C)CC(O)c1ccc([N+](=O)[O-])cc1. The molecule has 0 bridgehead atoms. The normalized spacial score (nSPS) is 11.8. The van der Waals surface area contributed by atoms with Crippen LogP contribution in [-0.2, 0) is 0 Å². The molecule has 16 heavy (non-hydrogen) atoms. The quantitative estimate of drug-likeness (QED) is 0.470. The molecule has 0 spiro atoms. The van der Waals surface area contributed by atoms with Crippen molar-refractivity contribution >= 4 is 5.69 Å². The number of aliphatic hydroxyl groups excluding tert-OH is 1. The van der Waals surface area contributed by atoms with Crippen molar-refractivity contribution < 1.29 is 10.0 Å². The largest absolute Gasteiger partial charge is 0.388 e. The van der Waals surface area contributed by atoms with Gasteiger partial charge in [-0.15, -0.1) is 0 Å². The van der Waals surface area contributed by atoms with Gasteiger partial charge in [0.05, 0.1) is 11.0 Å². The Balaban J connectivity index is 2.77. The van der Waals surface area contributed by atoms with Gasteiger partial charge in [0.1, 0.15) is 0 Å². The molecule has 1 atom stereocenters. The Morgan fingerprint density at radius 2 is 2.06 bits per heavy atom. The van der Waals surface area contributed by atoms with Gasteiger partial charge in [0.25, 0.3) is 5.69 Å². The number of allylic oxidation sites excluding steroid dienone is 1. The number of nitro groups is 1. The summed E-state index contributed by atoms with van der Waals surface area (Å²) in [5.74, 6) is 0. The average molecular weight is 219 g/mol. The maximum absolute atomic E-state index is 10.4. The van der Waals surface area contributed by atoms with Crippen LogP contribution in [0.15, 0.2) is 49.1 Å². The number of aliphatic hydroxyl groups is 1. The molecule has 0 aliphatic carbocycles. The van der Waals surface area contributed by atoms with E-state index in [0.717, 1.165) is 5.57 Å². The zero-order valence-corrected chi connectivity index (χ0v) is 8.80. The van der Waals surface area contributed by atoms with Crippen LogP contribution in [-0.4, -0.2) is 10.0 Å². The van der Waals surface area contributed by atoms with Crippen LogP contribution in [0.5, 0.6) is 0 Å². The third-order valence-electron chi connectivity index (χ3n) is 2.23. The molecule has 1 rings (SSSR count). The molecule has 1 unspecified atom stereocenters. The third kappa shape index (κ3) is 3.03. The fourth-order valence-corrected chi connectivity index (χ4v) is 1.27. The molecule has 84 valence electrons. The highest BCUT2D eigenvalue weighted by Crippen LogP contribution is 2.22. The maximum atomic E-state index is 10.4. The number of hydrogen-bond donors (Lipinski definition) is 1. The smallest absolute Gasteiger partial charge is 0.269 e. The van der Waals surface area contributed by atoms with Gasteiger partial charge in [-0.05, 0) is 17.7 Å². The van der Waals surface area contributed by atoms with Crippen LogP contribution < -0.4 is 0 Å². The summed E-state index contributed by atoms with van der Waals surface area (Å²) in [6.45, 7) is 7.24. The van der Waals surface area contributed by atoms with Crippen LogP contribution in [0, 0.1) is 10.1 Å². The van der Waals surface area contributed by atoms with Crippen LogP contribution in [0.25, 0.3) is 0 Å². The fourth-order valence-electron chi connectivity index (χ4n) is 1.27. The topological polar surface area (TPSA) is 63.4 Å². The monoisotopic (exact) mass is 219 g/mol. The summed E-state index contributed by atoms with van der Waals surface area (Å²) in [6, 6.07) is 5.82. The molecule has 0 aromatic heterocycles. The van der Waals surface area contributed by atoms with Gasteiger partial charge in [0.2, 0.25) is 0 Å². The average Bonchev–Trinajstić information content (AvgIpc) is 2.28. The molecular weight excluding hydrogens is 206 g/mol. The summed E-state index contributed by atoms with van der Waals surface area (Å²) in [5.41, 5.74) is 1.37. The number of hydrogen-bond acceptors (Lipinski definition) is 3. The summed E-state index contributed by atoms with van der Waals surface area (Å²) in [4.78, 5) is 9.95. The molecule has 1 aromatic carbocycles. The summed E-state index contributed by atoms with van der Waals surface area (Å²) in [6.07, 6.45) is 1.25. The number of benzene rings is 1. The van der Waals surface area contributed by atoms with E-state index in [2.05, 4.69) is 13.2 Å². The summed E-state index contributed by atoms with van der Waals surface area (Å²) in [5, 5.41) is 20.2. The molecule has 1 aromatic rings. The first-order valence-corrected chi connectivity index (χ1v) is 4.77. The maximum Gasteiger partial charge on any atom is 0.269 e. The van der Waals surface area contributed by atoms with Gasteiger partial charge in [-0.2, -0.15) is 0 Å². The highest BCUT2D eigenvalue weighted by Gasteiger charge is 2.10. The molecule has 1 N–H and O–H groups in total. The van der Waals surface area contributed by atoms with Crippen LogP contribution in [0.3, 0.4) is 0 Å². The van der Waals surface area contributed by atoms with Gasteiger partial charge in [0, 0.05) is 18.6 Å². The van der Waals surface area contributed by atoms with E-state index in [1.54, 1.807) is 18.2 Å². The standard InChI is InChI=1S/C12H13NO3/c1-3-9(2)8-12(14)10-4-6-11(7-5-10)13(15)16/h3-7,12,14H,1-2,8H2. The Morgan fingerprint density at radius 3 is 2.50 bits per heavy atom. The lowest BCUT2D eigenvalue weighted by atomic mass is 10.0. The molecule has 4 heteroatoms. The lowest BCUT2D eigenvalue weighted by molar-refractivity contribution is -0.384. The molecule has 0 amide bonds. The van der Waals surface area contributed by atoms with Crippen molar-refractivity contribution in [2.24, 2.45) is 0 Å². The minimum absolute atomic E-state index is 0.0125. The molecule has 4 nitrogen and oxygen atoms in total. The Hall–Kier alpha value is -1.94. The number of nitro benzene ring substituents is 1. The first kappa shape index (κ1) is 12.1. The minimum atomic E-state index is -0.702. The van der Waals surface area contributed by atoms with E-state index in [1.807, 2.05) is 0 Å². The Morgan fingerprint density at radius 1 is 1.50 bits per heavy atom. The van der Waals surface area contributed by atoms with E-state index in [-0.39, 0.29) is 5.69 Å². The van der Waals surface area contributed by atoms with Crippen molar-refractivity contribution in [3.05, 3.63) is 64.8 Å². The van der Waals surface area contributed by atoms with E-state index in [9.17, 15) is 15.2 Å². The van der Waals surface area contributed by atoms with Crippen molar-refractivity contribution in [3.8, 4) is 0 Å². The predicted octanol–water partition coefficient (Wildman–Crippen LogP) is 2.76. The minimum Gasteiger partial charge on any atom is -0.388 e. The van der Waals surface area contributed by atoms with Gasteiger partial charge in [-0.25, -0.2) is 0 Å². The van der Waals surface area contributed by atoms with Crippen LogP contribution in [0.2, 0.25) is 0 Å².